The Hall–Kier alpha value is -2.80. The minimum atomic E-state index is -0.520. The van der Waals surface area contributed by atoms with E-state index in [2.05, 4.69) is 10.3 Å². The highest BCUT2D eigenvalue weighted by atomic mass is 32.2. The molecule has 1 atom stereocenters. The van der Waals surface area contributed by atoms with Crippen LogP contribution in [0, 0.1) is 0 Å². The first-order valence-corrected chi connectivity index (χ1v) is 10.1. The van der Waals surface area contributed by atoms with Gasteiger partial charge in [0.1, 0.15) is 5.52 Å². The summed E-state index contributed by atoms with van der Waals surface area (Å²) in [5.41, 5.74) is 2.75. The number of rotatable bonds is 8. The van der Waals surface area contributed by atoms with E-state index in [1.807, 2.05) is 50.2 Å². The van der Waals surface area contributed by atoms with Crippen LogP contribution >= 0.6 is 11.8 Å². The van der Waals surface area contributed by atoms with Gasteiger partial charge in [0.05, 0.1) is 5.56 Å². The fourth-order valence-electron chi connectivity index (χ4n) is 2.53. The Morgan fingerprint density at radius 2 is 1.93 bits per heavy atom. The number of thioether (sulfide) groups is 1. The molecule has 0 aliphatic rings. The molecule has 28 heavy (non-hydrogen) atoms. The summed E-state index contributed by atoms with van der Waals surface area (Å²) in [6, 6.07) is 14.8. The SMILES string of the molecule is CC[C@H](C)NC(=O)COC(=O)c1ccccc1CSc1nc2ccccc2o1. The van der Waals surface area contributed by atoms with Gasteiger partial charge < -0.3 is 14.5 Å². The van der Waals surface area contributed by atoms with E-state index >= 15 is 0 Å². The fourth-order valence-corrected chi connectivity index (χ4v) is 3.37. The summed E-state index contributed by atoms with van der Waals surface area (Å²) in [7, 11) is 0. The molecule has 2 aromatic carbocycles. The normalized spacial score (nSPS) is 11.9. The van der Waals surface area contributed by atoms with Gasteiger partial charge in [-0.2, -0.15) is 0 Å². The van der Waals surface area contributed by atoms with Gasteiger partial charge in [-0.3, -0.25) is 4.79 Å². The summed E-state index contributed by atoms with van der Waals surface area (Å²) in [5.74, 6) is -0.328. The van der Waals surface area contributed by atoms with Gasteiger partial charge in [-0.15, -0.1) is 0 Å². The van der Waals surface area contributed by atoms with Crippen LogP contribution in [0.4, 0.5) is 0 Å². The van der Waals surface area contributed by atoms with E-state index in [9.17, 15) is 9.59 Å². The summed E-state index contributed by atoms with van der Waals surface area (Å²) in [6.45, 7) is 3.58. The van der Waals surface area contributed by atoms with E-state index in [0.717, 1.165) is 23.1 Å². The Labute approximate surface area is 167 Å². The molecule has 0 bridgehead atoms. The quantitative estimate of drug-likeness (QED) is 0.453. The van der Waals surface area contributed by atoms with Crippen LogP contribution in [0.25, 0.3) is 11.1 Å². The lowest BCUT2D eigenvalue weighted by atomic mass is 10.1. The molecule has 1 amide bonds. The van der Waals surface area contributed by atoms with Crippen LogP contribution < -0.4 is 5.32 Å². The fraction of sp³-hybridized carbons (Fsp3) is 0.286. The van der Waals surface area contributed by atoms with Crippen LogP contribution in [-0.2, 0) is 15.3 Å². The number of nitrogens with one attached hydrogen (secondary N) is 1. The maximum absolute atomic E-state index is 12.4. The predicted octanol–water partition coefficient (Wildman–Crippen LogP) is 4.19. The summed E-state index contributed by atoms with van der Waals surface area (Å²) in [4.78, 5) is 28.7. The molecule has 1 aromatic heterocycles. The first-order chi connectivity index (χ1) is 13.6. The zero-order valence-corrected chi connectivity index (χ0v) is 16.6. The number of hydrogen-bond donors (Lipinski definition) is 1. The topological polar surface area (TPSA) is 81.4 Å². The van der Waals surface area contributed by atoms with Crippen molar-refractivity contribution in [2.75, 3.05) is 6.61 Å². The molecule has 0 saturated heterocycles. The third kappa shape index (κ3) is 5.13. The molecule has 0 aliphatic carbocycles. The van der Waals surface area contributed by atoms with Crippen LogP contribution in [0.2, 0.25) is 0 Å². The second kappa shape index (κ2) is 9.41. The van der Waals surface area contributed by atoms with Crippen molar-refractivity contribution in [2.24, 2.45) is 0 Å². The van der Waals surface area contributed by atoms with Crippen molar-refractivity contribution in [3.8, 4) is 0 Å². The van der Waals surface area contributed by atoms with E-state index in [1.54, 1.807) is 12.1 Å². The number of carbonyl (C=O) groups excluding carboxylic acids is 2. The number of hydrogen-bond acceptors (Lipinski definition) is 6. The lowest BCUT2D eigenvalue weighted by Gasteiger charge is -2.12. The molecule has 0 unspecified atom stereocenters. The molecular formula is C21H22N2O4S. The van der Waals surface area contributed by atoms with E-state index < -0.39 is 5.97 Å². The zero-order chi connectivity index (χ0) is 19.9. The largest absolute Gasteiger partial charge is 0.452 e. The van der Waals surface area contributed by atoms with Gasteiger partial charge in [0.15, 0.2) is 12.2 Å². The standard InChI is InChI=1S/C21H22N2O4S/c1-3-14(2)22-19(24)12-26-20(25)16-9-5-4-8-15(16)13-28-21-23-17-10-6-7-11-18(17)27-21/h4-11,14H,3,12-13H2,1-2H3,(H,22,24)/t14-/m0/s1. The van der Waals surface area contributed by atoms with Crippen molar-refractivity contribution in [1.82, 2.24) is 10.3 Å². The molecule has 0 spiro atoms. The van der Waals surface area contributed by atoms with Crippen LogP contribution in [0.1, 0.15) is 36.2 Å². The van der Waals surface area contributed by atoms with E-state index in [1.165, 1.54) is 11.8 Å². The summed E-state index contributed by atoms with van der Waals surface area (Å²) in [5, 5.41) is 3.31. The van der Waals surface area contributed by atoms with Gasteiger partial charge in [-0.1, -0.05) is 49.0 Å². The number of benzene rings is 2. The molecule has 0 aliphatic heterocycles. The van der Waals surface area contributed by atoms with Gasteiger partial charge in [-0.05, 0) is 37.1 Å². The van der Waals surface area contributed by atoms with Crippen molar-refractivity contribution in [2.45, 2.75) is 37.3 Å². The first kappa shape index (κ1) is 19.9. The highest BCUT2D eigenvalue weighted by molar-refractivity contribution is 7.98. The lowest BCUT2D eigenvalue weighted by molar-refractivity contribution is -0.124. The van der Waals surface area contributed by atoms with Gasteiger partial charge in [0, 0.05) is 11.8 Å². The van der Waals surface area contributed by atoms with Crippen molar-refractivity contribution in [3.63, 3.8) is 0 Å². The second-order valence-electron chi connectivity index (χ2n) is 6.35. The Balaban J connectivity index is 1.62. The molecule has 1 N–H and O–H groups in total. The molecule has 0 saturated carbocycles. The number of oxazole rings is 1. The molecule has 146 valence electrons. The van der Waals surface area contributed by atoms with Crippen molar-refractivity contribution >= 4 is 34.7 Å². The molecule has 6 nitrogen and oxygen atoms in total. The minimum Gasteiger partial charge on any atom is -0.452 e. The van der Waals surface area contributed by atoms with Gasteiger partial charge in [-0.25, -0.2) is 9.78 Å². The molecule has 3 rings (SSSR count). The molecule has 3 aromatic rings. The number of esters is 1. The second-order valence-corrected chi connectivity index (χ2v) is 7.27. The van der Waals surface area contributed by atoms with Crippen LogP contribution in [0.15, 0.2) is 58.2 Å². The zero-order valence-electron chi connectivity index (χ0n) is 15.8. The maximum Gasteiger partial charge on any atom is 0.338 e. The molecule has 0 fully saturated rings. The maximum atomic E-state index is 12.4. The van der Waals surface area contributed by atoms with E-state index in [4.69, 9.17) is 9.15 Å². The Bertz CT molecular complexity index is 937. The van der Waals surface area contributed by atoms with Crippen molar-refractivity contribution in [1.29, 1.82) is 0 Å². The monoisotopic (exact) mass is 398 g/mol. The van der Waals surface area contributed by atoms with Gasteiger partial charge >= 0.3 is 5.97 Å². The number of ether oxygens (including phenoxy) is 1. The van der Waals surface area contributed by atoms with Crippen LogP contribution in [0.3, 0.4) is 0 Å². The predicted molar refractivity (Wildman–Crippen MR) is 108 cm³/mol. The summed E-state index contributed by atoms with van der Waals surface area (Å²) < 4.78 is 10.9. The number of amides is 1. The summed E-state index contributed by atoms with van der Waals surface area (Å²) >= 11 is 1.40. The van der Waals surface area contributed by atoms with E-state index in [-0.39, 0.29) is 18.6 Å². The highest BCUT2D eigenvalue weighted by Gasteiger charge is 2.16. The molecule has 1 heterocycles. The Morgan fingerprint density at radius 1 is 1.18 bits per heavy atom. The summed E-state index contributed by atoms with van der Waals surface area (Å²) in [6.07, 6.45) is 0.815. The molecular weight excluding hydrogens is 376 g/mol. The number of aromatic nitrogens is 1. The van der Waals surface area contributed by atoms with Gasteiger partial charge in [0.2, 0.25) is 0 Å². The first-order valence-electron chi connectivity index (χ1n) is 9.09. The minimum absolute atomic E-state index is 0.0474. The van der Waals surface area contributed by atoms with Crippen molar-refractivity contribution < 1.29 is 18.7 Å². The lowest BCUT2D eigenvalue weighted by Crippen LogP contribution is -2.35. The third-order valence-corrected chi connectivity index (χ3v) is 5.09. The average molecular weight is 398 g/mol. The Morgan fingerprint density at radius 3 is 2.71 bits per heavy atom. The van der Waals surface area contributed by atoms with Crippen molar-refractivity contribution in [3.05, 3.63) is 59.7 Å². The molecule has 0 radical (unpaired) electrons. The number of nitrogens with zero attached hydrogens (tertiary/aromatic N) is 1. The average Bonchev–Trinajstić information content (AvgIpc) is 3.13. The van der Waals surface area contributed by atoms with E-state index in [0.29, 0.717) is 16.5 Å². The van der Waals surface area contributed by atoms with Crippen LogP contribution in [0.5, 0.6) is 0 Å². The van der Waals surface area contributed by atoms with Gasteiger partial charge in [0.25, 0.3) is 11.1 Å². The number of fused-ring (bicyclic) bond motifs is 1. The smallest absolute Gasteiger partial charge is 0.338 e. The number of para-hydroxylation sites is 2. The van der Waals surface area contributed by atoms with Crippen LogP contribution in [-0.4, -0.2) is 29.5 Å². The third-order valence-electron chi connectivity index (χ3n) is 4.22. The highest BCUT2D eigenvalue weighted by Crippen LogP contribution is 2.27. The Kier molecular flexibility index (Phi) is 6.71. The molecule has 7 heteroatoms. The number of carbonyl (C=O) groups is 2.